The Labute approximate surface area is 314 Å². The highest BCUT2D eigenvalue weighted by molar-refractivity contribution is 7.82. The van der Waals surface area contributed by atoms with Gasteiger partial charge in [-0.05, 0) is 41.5 Å². The Kier molecular flexibility index (Phi) is 23.4. The van der Waals surface area contributed by atoms with Gasteiger partial charge in [0, 0.05) is 18.6 Å². The van der Waals surface area contributed by atoms with Crippen molar-refractivity contribution in [3.63, 3.8) is 0 Å². The largest absolute Gasteiger partial charge is 0.508 e. The van der Waals surface area contributed by atoms with E-state index in [1.54, 1.807) is 0 Å². The molecular weight excluding hydrogens is 771 g/mol. The van der Waals surface area contributed by atoms with Crippen molar-refractivity contribution >= 4 is 42.5 Å². The van der Waals surface area contributed by atoms with Crippen molar-refractivity contribution in [3.05, 3.63) is 0 Å². The van der Waals surface area contributed by atoms with E-state index in [0.29, 0.717) is 37.8 Å². The smallest absolute Gasteiger partial charge is 0.445 e. The number of guanidine groups is 1. The van der Waals surface area contributed by atoms with Gasteiger partial charge in [-0.15, -0.1) is 0 Å². The molecule has 8 aliphatic heterocycles. The number of hydrogen-bond donors (Lipinski definition) is 6. The average Bonchev–Trinajstić information content (AvgIpc) is 3.93. The molecule has 7 fully saturated rings. The summed E-state index contributed by atoms with van der Waals surface area (Å²) in [6.07, 6.45) is -0.736. The van der Waals surface area contributed by atoms with Crippen LogP contribution in [0.4, 0.5) is 14.4 Å². The molecule has 316 valence electrons. The molecule has 7 saturated heterocycles. The summed E-state index contributed by atoms with van der Waals surface area (Å²) in [4.78, 5) is 42.4. The van der Waals surface area contributed by atoms with E-state index in [2.05, 4.69) is 57.9 Å². The number of phosphoric ester groups is 1. The summed E-state index contributed by atoms with van der Waals surface area (Å²) < 4.78 is 80.0. The van der Waals surface area contributed by atoms with Gasteiger partial charge in [-0.1, -0.05) is 0 Å². The van der Waals surface area contributed by atoms with Crippen LogP contribution in [0.25, 0.3) is 0 Å². The van der Waals surface area contributed by atoms with Crippen LogP contribution in [0, 0.1) is 0 Å². The monoisotopic (exact) mass is 826 g/mol. The number of cyclic esters (lactones) is 3. The van der Waals surface area contributed by atoms with Crippen molar-refractivity contribution in [2.45, 2.75) is 71.8 Å². The van der Waals surface area contributed by atoms with E-state index in [9.17, 15) is 27.4 Å². The molecule has 0 unspecified atom stereocenters. The normalized spacial score (nSPS) is 27.4. The van der Waals surface area contributed by atoms with Gasteiger partial charge in [0.25, 0.3) is 0 Å². The third-order valence-electron chi connectivity index (χ3n) is 6.14. The SMILES string of the molecule is CC1(C)OCCO1.CC1OCCO1.C[C@H]1CN=C(N)N1.C[C@H]1CNC(=O)N1.C[C@H]1CNC(=O)O1.O=C1OCCO1.O=P1(O)OCCO1.O=S1(=O)OCCO1. The van der Waals surface area contributed by atoms with Gasteiger partial charge >= 0.3 is 36.5 Å². The van der Waals surface area contributed by atoms with E-state index >= 15 is 0 Å². The quantitative estimate of drug-likeness (QED) is 0.136. The van der Waals surface area contributed by atoms with Crippen LogP contribution < -0.4 is 27.0 Å². The molecule has 7 N–H and O–H groups in total. The molecule has 0 aromatic heterocycles. The van der Waals surface area contributed by atoms with Gasteiger partial charge < -0.3 is 65.1 Å². The van der Waals surface area contributed by atoms with Gasteiger partial charge in [-0.2, -0.15) is 8.42 Å². The number of carbonyl (C=O) groups is 3. The van der Waals surface area contributed by atoms with Gasteiger partial charge in [0.2, 0.25) is 0 Å². The fraction of sp³-hybridized carbons (Fsp3) is 0.857. The predicted octanol–water partition coefficient (Wildman–Crippen LogP) is -0.191. The molecule has 3 atom stereocenters. The average molecular weight is 827 g/mol. The lowest BCUT2D eigenvalue weighted by Gasteiger charge is -2.13. The summed E-state index contributed by atoms with van der Waals surface area (Å²) in [5, 5.41) is 10.7. The van der Waals surface area contributed by atoms with E-state index in [-0.39, 0.29) is 56.7 Å². The van der Waals surface area contributed by atoms with Crippen molar-refractivity contribution < 1.29 is 82.8 Å². The van der Waals surface area contributed by atoms with Crippen LogP contribution >= 0.6 is 7.82 Å². The molecule has 0 aliphatic carbocycles. The Balaban J connectivity index is 0.000000309. The van der Waals surface area contributed by atoms with Gasteiger partial charge in [0.15, 0.2) is 18.0 Å². The maximum Gasteiger partial charge on any atom is 0.508 e. The van der Waals surface area contributed by atoms with Crippen molar-refractivity contribution in [3.8, 4) is 0 Å². The third-order valence-corrected chi connectivity index (χ3v) is 8.07. The third kappa shape index (κ3) is 26.6. The first-order valence-corrected chi connectivity index (χ1v) is 19.6. The van der Waals surface area contributed by atoms with E-state index in [1.165, 1.54) is 0 Å². The van der Waals surface area contributed by atoms with E-state index in [0.717, 1.165) is 39.5 Å². The summed E-state index contributed by atoms with van der Waals surface area (Å²) in [5.74, 6) is 0.271. The first kappa shape index (κ1) is 48.9. The Morgan fingerprint density at radius 3 is 1.48 bits per heavy atom. The number of nitrogens with one attached hydrogen (secondary N) is 4. The Morgan fingerprint density at radius 2 is 1.33 bits per heavy atom. The number of hydrogen-bond acceptors (Lipinski definition) is 20. The van der Waals surface area contributed by atoms with Gasteiger partial charge in [0.05, 0.1) is 65.9 Å². The second kappa shape index (κ2) is 25.9. The molecule has 0 radical (unpaired) electrons. The van der Waals surface area contributed by atoms with Crippen LogP contribution in [0.1, 0.15) is 41.5 Å². The van der Waals surface area contributed by atoms with Gasteiger partial charge in [0.1, 0.15) is 19.3 Å². The van der Waals surface area contributed by atoms with Crippen LogP contribution in [-0.4, -0.2) is 154 Å². The number of alkyl carbamates (subject to hydrolysis) is 1. The van der Waals surface area contributed by atoms with Crippen LogP contribution in [0.15, 0.2) is 4.99 Å². The zero-order chi connectivity index (χ0) is 40.6. The minimum Gasteiger partial charge on any atom is -0.445 e. The van der Waals surface area contributed by atoms with Crippen LogP contribution in [0.5, 0.6) is 0 Å². The maximum absolute atomic E-state index is 10.2. The molecule has 24 nitrogen and oxygen atoms in total. The van der Waals surface area contributed by atoms with Crippen LogP contribution in [-0.2, 0) is 65.5 Å². The number of nitrogens with two attached hydrogens (primary N) is 1. The Bertz CT molecular complexity index is 1240. The number of phosphoric acid groups is 1. The number of nitrogens with zero attached hydrogens (tertiary/aromatic N) is 1. The minimum atomic E-state index is -3.55. The molecular formula is C28H55N6O18PS. The van der Waals surface area contributed by atoms with Gasteiger partial charge in [-0.3, -0.25) is 14.0 Å². The van der Waals surface area contributed by atoms with Crippen LogP contribution in [0.2, 0.25) is 0 Å². The number of amides is 3. The number of rotatable bonds is 0. The lowest BCUT2D eigenvalue weighted by molar-refractivity contribution is -0.125. The standard InChI is InChI=1S/C5H10O2.C4H9N3.C4H8N2O.C4H7NO2.C4H8O2.C3H4O3.C2H5O4P.C2H4O4S/c1-5(2)6-3-4-7-5;1-3-2-6-4(5)7-3;1-3-2-5-4(7)6-3;1-3-2-5-4(6)7-3;1-4-5-2-3-6-4;4-3-5-1-2-6-3;2*3-7(4)5-1-2-6-7/h3-4H2,1-2H3;3H,2H2,1H3,(H3,5,6,7);3H,2H2,1H3,(H2,5,6,7);3H,2H2,1H3,(H,5,6);4H,2-3H2,1H3;1-2H2;1-2H2,(H,3,4);1-2H2/t;3*3-;;;;/m.000..../s1. The highest BCUT2D eigenvalue weighted by atomic mass is 32.3. The van der Waals surface area contributed by atoms with E-state index in [4.69, 9.17) is 29.6 Å². The van der Waals surface area contributed by atoms with Crippen molar-refractivity contribution in [1.29, 1.82) is 0 Å². The second-order valence-electron chi connectivity index (χ2n) is 11.7. The fourth-order valence-corrected chi connectivity index (χ4v) is 4.97. The maximum atomic E-state index is 10.2. The summed E-state index contributed by atoms with van der Waals surface area (Å²) in [5.41, 5.74) is 5.26. The Hall–Kier alpha value is -3.10. The molecule has 26 heteroatoms. The molecule has 0 bridgehead atoms. The number of ether oxygens (including phenoxy) is 7. The molecule has 8 heterocycles. The molecule has 0 saturated carbocycles. The topological polar surface area (TPSA) is 311 Å². The van der Waals surface area contributed by atoms with Gasteiger partial charge in [-0.25, -0.2) is 27.3 Å². The van der Waals surface area contributed by atoms with E-state index < -0.39 is 24.4 Å². The zero-order valence-corrected chi connectivity index (χ0v) is 33.0. The lowest BCUT2D eigenvalue weighted by atomic mass is 10.4. The Morgan fingerprint density at radius 1 is 0.778 bits per heavy atom. The van der Waals surface area contributed by atoms with Crippen LogP contribution in [0.3, 0.4) is 0 Å². The molecule has 54 heavy (non-hydrogen) atoms. The van der Waals surface area contributed by atoms with E-state index in [1.807, 2.05) is 41.5 Å². The lowest BCUT2D eigenvalue weighted by Crippen LogP contribution is -2.32. The number of aliphatic imine (C=N–C) groups is 1. The molecule has 3 amide bonds. The molecule has 0 aromatic carbocycles. The predicted molar refractivity (Wildman–Crippen MR) is 186 cm³/mol. The molecule has 0 aromatic rings. The highest BCUT2D eigenvalue weighted by Crippen LogP contribution is 2.46. The van der Waals surface area contributed by atoms with Crippen molar-refractivity contribution in [2.75, 3.05) is 85.7 Å². The second-order valence-corrected chi connectivity index (χ2v) is 14.4. The molecule has 0 spiro atoms. The number of carbonyl (C=O) groups excluding carboxylic acids is 3. The summed E-state index contributed by atoms with van der Waals surface area (Å²) in [6, 6.07) is 0.708. The zero-order valence-electron chi connectivity index (χ0n) is 31.3. The fourth-order valence-electron chi connectivity index (χ4n) is 3.68. The summed E-state index contributed by atoms with van der Waals surface area (Å²) >= 11 is 0. The summed E-state index contributed by atoms with van der Waals surface area (Å²) in [7, 11) is -7.09. The first-order valence-electron chi connectivity index (χ1n) is 16.8. The number of urea groups is 1. The molecule has 8 rings (SSSR count). The minimum absolute atomic E-state index is 0.0463. The molecule has 8 aliphatic rings. The van der Waals surface area contributed by atoms with Crippen molar-refractivity contribution in [2.24, 2.45) is 10.7 Å². The van der Waals surface area contributed by atoms with Crippen molar-refractivity contribution in [1.82, 2.24) is 21.3 Å². The summed E-state index contributed by atoms with van der Waals surface area (Å²) in [6.45, 7) is 18.4. The highest BCUT2D eigenvalue weighted by Gasteiger charge is 2.26. The first-order chi connectivity index (χ1) is 25.3.